The summed E-state index contributed by atoms with van der Waals surface area (Å²) in [6.07, 6.45) is 1.84. The molecule has 2 aliphatic rings. The predicted molar refractivity (Wildman–Crippen MR) is 130 cm³/mol. The Labute approximate surface area is 198 Å². The number of carbonyl (C=O) groups excluding carboxylic acids is 2. The summed E-state index contributed by atoms with van der Waals surface area (Å²) in [4.78, 5) is 40.4. The van der Waals surface area contributed by atoms with Crippen LogP contribution < -0.4 is 14.5 Å². The second-order valence-electron chi connectivity index (χ2n) is 8.54. The lowest BCUT2D eigenvalue weighted by molar-refractivity contribution is -0.136. The number of aromatic nitrogens is 2. The van der Waals surface area contributed by atoms with Crippen LogP contribution in [0.5, 0.6) is 5.75 Å². The van der Waals surface area contributed by atoms with Crippen molar-refractivity contribution in [2.45, 2.75) is 6.42 Å². The van der Waals surface area contributed by atoms with Crippen molar-refractivity contribution in [3.05, 3.63) is 67.0 Å². The first-order valence-electron chi connectivity index (χ1n) is 11.5. The topological polar surface area (TPSA) is 78.9 Å². The lowest BCUT2D eigenvalue weighted by Gasteiger charge is -2.36. The minimum atomic E-state index is -0.315. The molecular formula is C26H27N5O3. The maximum absolute atomic E-state index is 13.2. The van der Waals surface area contributed by atoms with Gasteiger partial charge in [-0.2, -0.15) is 0 Å². The van der Waals surface area contributed by atoms with Gasteiger partial charge in [0.15, 0.2) is 0 Å². The summed E-state index contributed by atoms with van der Waals surface area (Å²) >= 11 is 0. The third-order valence-corrected chi connectivity index (χ3v) is 6.50. The predicted octanol–water partition coefficient (Wildman–Crippen LogP) is 2.85. The number of rotatable bonds is 5. The fourth-order valence-corrected chi connectivity index (χ4v) is 4.59. The lowest BCUT2D eigenvalue weighted by atomic mass is 10.1. The van der Waals surface area contributed by atoms with Gasteiger partial charge in [0, 0.05) is 56.5 Å². The summed E-state index contributed by atoms with van der Waals surface area (Å²) in [5.74, 6) is 1.32. The van der Waals surface area contributed by atoms with E-state index in [9.17, 15) is 9.59 Å². The Kier molecular flexibility index (Phi) is 6.12. The van der Waals surface area contributed by atoms with Crippen LogP contribution >= 0.6 is 0 Å². The lowest BCUT2D eigenvalue weighted by Crippen LogP contribution is -2.51. The molecule has 1 atom stereocenters. The Balaban J connectivity index is 1.20. The Hall–Kier alpha value is -3.94. The van der Waals surface area contributed by atoms with Crippen molar-refractivity contribution in [1.82, 2.24) is 14.9 Å². The van der Waals surface area contributed by atoms with Gasteiger partial charge in [-0.1, -0.05) is 30.3 Å². The number of hydrogen-bond donors (Lipinski definition) is 0. The molecule has 0 aliphatic carbocycles. The molecule has 0 spiro atoms. The zero-order valence-corrected chi connectivity index (χ0v) is 19.1. The van der Waals surface area contributed by atoms with Crippen LogP contribution in [0.4, 0.5) is 11.5 Å². The van der Waals surface area contributed by atoms with Gasteiger partial charge in [0.25, 0.3) is 0 Å². The van der Waals surface area contributed by atoms with E-state index in [1.54, 1.807) is 18.3 Å². The molecule has 8 heteroatoms. The number of methoxy groups -OCH3 is 1. The van der Waals surface area contributed by atoms with E-state index in [2.05, 4.69) is 14.9 Å². The summed E-state index contributed by atoms with van der Waals surface area (Å²) in [5.41, 5.74) is 2.73. The van der Waals surface area contributed by atoms with Gasteiger partial charge >= 0.3 is 0 Å². The van der Waals surface area contributed by atoms with Gasteiger partial charge in [0.05, 0.1) is 18.7 Å². The van der Waals surface area contributed by atoms with Crippen LogP contribution in [0.3, 0.4) is 0 Å². The van der Waals surface area contributed by atoms with Gasteiger partial charge in [-0.25, -0.2) is 9.97 Å². The number of nitrogens with zero attached hydrogens (tertiary/aromatic N) is 5. The normalized spacial score (nSPS) is 18.3. The van der Waals surface area contributed by atoms with E-state index in [0.717, 1.165) is 28.5 Å². The van der Waals surface area contributed by atoms with Crippen molar-refractivity contribution in [2.24, 2.45) is 5.92 Å². The molecule has 3 heterocycles. The van der Waals surface area contributed by atoms with Crippen molar-refractivity contribution in [2.75, 3.05) is 49.6 Å². The Morgan fingerprint density at radius 3 is 2.41 bits per heavy atom. The highest BCUT2D eigenvalue weighted by Gasteiger charge is 2.38. The number of carbonyl (C=O) groups is 2. The standard InChI is InChI=1S/C26H27N5O3/c1-34-22-9-7-21(8-10-22)31-17-20(15-25(31)32)26(33)30-13-11-29(12-14-30)24-16-23(27-18-28-24)19-5-3-2-4-6-19/h2-10,16,18,20H,11-15,17H2,1H3. The largest absolute Gasteiger partial charge is 0.497 e. The van der Waals surface area contributed by atoms with Crippen molar-refractivity contribution >= 4 is 23.3 Å². The average Bonchev–Trinajstić information content (AvgIpc) is 3.30. The number of piperazine rings is 1. The number of ether oxygens (including phenoxy) is 1. The molecule has 1 unspecified atom stereocenters. The van der Waals surface area contributed by atoms with E-state index in [1.807, 2.05) is 65.6 Å². The van der Waals surface area contributed by atoms with Crippen LogP contribution in [-0.4, -0.2) is 66.5 Å². The van der Waals surface area contributed by atoms with Crippen molar-refractivity contribution < 1.29 is 14.3 Å². The van der Waals surface area contributed by atoms with E-state index < -0.39 is 0 Å². The van der Waals surface area contributed by atoms with Gasteiger partial charge in [-0.3, -0.25) is 9.59 Å². The third-order valence-electron chi connectivity index (χ3n) is 6.50. The zero-order valence-electron chi connectivity index (χ0n) is 19.1. The van der Waals surface area contributed by atoms with Gasteiger partial charge in [-0.05, 0) is 24.3 Å². The highest BCUT2D eigenvalue weighted by atomic mass is 16.5. The van der Waals surface area contributed by atoms with Gasteiger partial charge in [0.2, 0.25) is 11.8 Å². The highest BCUT2D eigenvalue weighted by Crippen LogP contribution is 2.28. The first-order valence-corrected chi connectivity index (χ1v) is 11.5. The Morgan fingerprint density at radius 1 is 0.971 bits per heavy atom. The molecule has 3 aromatic rings. The molecule has 0 bridgehead atoms. The number of hydrogen-bond acceptors (Lipinski definition) is 6. The van der Waals surface area contributed by atoms with Crippen LogP contribution in [0.25, 0.3) is 11.3 Å². The summed E-state index contributed by atoms with van der Waals surface area (Å²) in [6.45, 7) is 3.02. The van der Waals surface area contributed by atoms with Crippen LogP contribution in [-0.2, 0) is 9.59 Å². The minimum Gasteiger partial charge on any atom is -0.497 e. The van der Waals surface area contributed by atoms with E-state index in [1.165, 1.54) is 0 Å². The van der Waals surface area contributed by atoms with E-state index in [0.29, 0.717) is 32.7 Å². The summed E-state index contributed by atoms with van der Waals surface area (Å²) < 4.78 is 5.19. The Morgan fingerprint density at radius 2 is 1.71 bits per heavy atom. The van der Waals surface area contributed by atoms with E-state index in [-0.39, 0.29) is 24.2 Å². The van der Waals surface area contributed by atoms with Crippen LogP contribution in [0.2, 0.25) is 0 Å². The molecule has 2 amide bonds. The molecule has 8 nitrogen and oxygen atoms in total. The molecule has 2 saturated heterocycles. The smallest absolute Gasteiger partial charge is 0.228 e. The third kappa shape index (κ3) is 4.44. The summed E-state index contributed by atoms with van der Waals surface area (Å²) in [6, 6.07) is 19.4. The van der Waals surface area contributed by atoms with Crippen molar-refractivity contribution in [3.63, 3.8) is 0 Å². The van der Waals surface area contributed by atoms with Gasteiger partial charge in [-0.15, -0.1) is 0 Å². The molecule has 1 aromatic heterocycles. The fraction of sp³-hybridized carbons (Fsp3) is 0.308. The first-order chi connectivity index (χ1) is 16.6. The molecular weight excluding hydrogens is 430 g/mol. The maximum atomic E-state index is 13.2. The minimum absolute atomic E-state index is 0.0171. The quantitative estimate of drug-likeness (QED) is 0.586. The zero-order chi connectivity index (χ0) is 23.5. The van der Waals surface area contributed by atoms with Crippen LogP contribution in [0, 0.1) is 5.92 Å². The molecule has 2 aliphatic heterocycles. The van der Waals surface area contributed by atoms with Gasteiger partial charge < -0.3 is 19.4 Å². The van der Waals surface area contributed by atoms with Crippen LogP contribution in [0.1, 0.15) is 6.42 Å². The molecule has 34 heavy (non-hydrogen) atoms. The Bertz CT molecular complexity index is 1160. The molecule has 0 radical (unpaired) electrons. The molecule has 5 rings (SSSR count). The summed E-state index contributed by atoms with van der Waals surface area (Å²) in [7, 11) is 1.61. The SMILES string of the molecule is COc1ccc(N2CC(C(=O)N3CCN(c4cc(-c5ccccc5)ncn4)CC3)CC2=O)cc1. The van der Waals surface area contributed by atoms with Gasteiger partial charge in [0.1, 0.15) is 17.9 Å². The maximum Gasteiger partial charge on any atom is 0.228 e. The highest BCUT2D eigenvalue weighted by molar-refractivity contribution is 6.00. The number of benzene rings is 2. The monoisotopic (exact) mass is 457 g/mol. The summed E-state index contributed by atoms with van der Waals surface area (Å²) in [5, 5.41) is 0. The fourth-order valence-electron chi connectivity index (χ4n) is 4.59. The average molecular weight is 458 g/mol. The molecule has 174 valence electrons. The molecule has 2 fully saturated rings. The van der Waals surface area contributed by atoms with Crippen molar-refractivity contribution in [1.29, 1.82) is 0 Å². The van der Waals surface area contributed by atoms with E-state index in [4.69, 9.17) is 4.74 Å². The molecule has 2 aromatic carbocycles. The molecule has 0 saturated carbocycles. The number of anilines is 2. The van der Waals surface area contributed by atoms with Crippen molar-refractivity contribution in [3.8, 4) is 17.0 Å². The second-order valence-corrected chi connectivity index (χ2v) is 8.54. The molecule has 0 N–H and O–H groups in total. The van der Waals surface area contributed by atoms with Crippen LogP contribution in [0.15, 0.2) is 67.0 Å². The second kappa shape index (κ2) is 9.51. The first kappa shape index (κ1) is 21.9. The number of amides is 2. The van der Waals surface area contributed by atoms with E-state index >= 15 is 0 Å².